The van der Waals surface area contributed by atoms with Crippen molar-refractivity contribution < 1.29 is 19.4 Å². The lowest BCUT2D eigenvalue weighted by molar-refractivity contribution is -0.144. The number of carbonyl (C=O) groups is 2. The highest BCUT2D eigenvalue weighted by Gasteiger charge is 2.49. The van der Waals surface area contributed by atoms with Gasteiger partial charge in [0.2, 0.25) is 0 Å². The van der Waals surface area contributed by atoms with Crippen LogP contribution >= 0.6 is 0 Å². The van der Waals surface area contributed by atoms with Crippen molar-refractivity contribution in [2.75, 3.05) is 19.1 Å². The third kappa shape index (κ3) is 3.09. The van der Waals surface area contributed by atoms with Crippen LogP contribution in [0.2, 0.25) is 0 Å². The predicted octanol–water partition coefficient (Wildman–Crippen LogP) is 2.09. The molecular weight excluding hydrogens is 272 g/mol. The highest BCUT2D eigenvalue weighted by atomic mass is 16.5. The van der Waals surface area contributed by atoms with Crippen LogP contribution in [0.1, 0.15) is 19.8 Å². The molecule has 0 radical (unpaired) electrons. The minimum Gasteiger partial charge on any atom is -0.497 e. The van der Waals surface area contributed by atoms with E-state index in [-0.39, 0.29) is 5.92 Å². The number of amides is 2. The Morgan fingerprint density at radius 3 is 2.62 bits per heavy atom. The predicted molar refractivity (Wildman–Crippen MR) is 78.7 cm³/mol. The van der Waals surface area contributed by atoms with Gasteiger partial charge in [0.25, 0.3) is 0 Å². The van der Waals surface area contributed by atoms with Gasteiger partial charge in [-0.1, -0.05) is 6.07 Å². The lowest BCUT2D eigenvalue weighted by Crippen LogP contribution is -2.57. The van der Waals surface area contributed by atoms with Crippen LogP contribution in [0.25, 0.3) is 0 Å². The standard InChI is InChI=1S/C15H20N2O4/c1-15(13(18)19,10-7-8-10)16-14(20)17(2)11-5-4-6-12(9-11)21-3/h4-6,9-10H,7-8H2,1-3H3,(H,16,20)(H,18,19). The maximum atomic E-state index is 12.3. The van der Waals surface area contributed by atoms with Gasteiger partial charge in [0, 0.05) is 18.8 Å². The van der Waals surface area contributed by atoms with Crippen molar-refractivity contribution in [3.05, 3.63) is 24.3 Å². The van der Waals surface area contributed by atoms with Crippen molar-refractivity contribution in [3.63, 3.8) is 0 Å². The number of benzene rings is 1. The maximum Gasteiger partial charge on any atom is 0.329 e. The van der Waals surface area contributed by atoms with Crippen molar-refractivity contribution in [1.82, 2.24) is 5.32 Å². The molecule has 0 saturated heterocycles. The number of carboxylic acid groups (broad SMARTS) is 1. The smallest absolute Gasteiger partial charge is 0.329 e. The largest absolute Gasteiger partial charge is 0.497 e. The molecule has 1 unspecified atom stereocenters. The second kappa shape index (κ2) is 5.63. The lowest BCUT2D eigenvalue weighted by Gasteiger charge is -2.29. The molecule has 1 aromatic carbocycles. The van der Waals surface area contributed by atoms with Crippen LogP contribution in [0, 0.1) is 5.92 Å². The van der Waals surface area contributed by atoms with E-state index < -0.39 is 17.5 Å². The van der Waals surface area contributed by atoms with Crippen LogP contribution < -0.4 is 15.0 Å². The molecule has 2 N–H and O–H groups in total. The number of hydrogen-bond donors (Lipinski definition) is 2. The number of methoxy groups -OCH3 is 1. The van der Waals surface area contributed by atoms with Crippen molar-refractivity contribution in [2.24, 2.45) is 5.92 Å². The van der Waals surface area contributed by atoms with Gasteiger partial charge in [-0.2, -0.15) is 0 Å². The monoisotopic (exact) mass is 292 g/mol. The van der Waals surface area contributed by atoms with Gasteiger partial charge < -0.3 is 15.2 Å². The van der Waals surface area contributed by atoms with Gasteiger partial charge in [-0.3, -0.25) is 4.90 Å². The first kappa shape index (κ1) is 15.2. The molecule has 21 heavy (non-hydrogen) atoms. The lowest BCUT2D eigenvalue weighted by atomic mass is 9.96. The molecule has 1 aromatic rings. The number of urea groups is 1. The van der Waals surface area contributed by atoms with Gasteiger partial charge >= 0.3 is 12.0 Å². The number of carboxylic acids is 1. The molecule has 0 aliphatic heterocycles. The van der Waals surface area contributed by atoms with Gasteiger partial charge in [0.15, 0.2) is 0 Å². The molecule has 0 spiro atoms. The number of anilines is 1. The van der Waals surface area contributed by atoms with Crippen molar-refractivity contribution in [3.8, 4) is 5.75 Å². The Morgan fingerprint density at radius 1 is 1.43 bits per heavy atom. The van der Waals surface area contributed by atoms with E-state index in [0.29, 0.717) is 11.4 Å². The second-order valence-electron chi connectivity index (χ2n) is 5.47. The summed E-state index contributed by atoms with van der Waals surface area (Å²) in [6, 6.07) is 6.59. The molecule has 1 saturated carbocycles. The molecule has 0 bridgehead atoms. The molecule has 0 aromatic heterocycles. The fourth-order valence-corrected chi connectivity index (χ4v) is 2.23. The SMILES string of the molecule is COc1cccc(N(C)C(=O)NC(C)(C(=O)O)C2CC2)c1. The molecular formula is C15H20N2O4. The highest BCUT2D eigenvalue weighted by molar-refractivity contribution is 5.95. The Kier molecular flexibility index (Phi) is 4.06. The first-order chi connectivity index (χ1) is 9.88. The van der Waals surface area contributed by atoms with Gasteiger partial charge in [-0.15, -0.1) is 0 Å². The zero-order chi connectivity index (χ0) is 15.6. The van der Waals surface area contributed by atoms with E-state index in [9.17, 15) is 14.7 Å². The Hall–Kier alpha value is -2.24. The van der Waals surface area contributed by atoms with Crippen LogP contribution in [0.3, 0.4) is 0 Å². The summed E-state index contributed by atoms with van der Waals surface area (Å²) in [6.45, 7) is 1.56. The van der Waals surface area contributed by atoms with E-state index in [1.807, 2.05) is 0 Å². The minimum absolute atomic E-state index is 0.00217. The van der Waals surface area contributed by atoms with Crippen LogP contribution in [0.15, 0.2) is 24.3 Å². The Labute approximate surface area is 123 Å². The summed E-state index contributed by atoms with van der Waals surface area (Å²) in [5.41, 5.74) is -0.583. The number of aliphatic carboxylic acids is 1. The van der Waals surface area contributed by atoms with Crippen molar-refractivity contribution >= 4 is 17.7 Å². The summed E-state index contributed by atoms with van der Waals surface area (Å²) in [7, 11) is 3.15. The Morgan fingerprint density at radius 2 is 2.10 bits per heavy atom. The number of nitrogens with zero attached hydrogens (tertiary/aromatic N) is 1. The molecule has 2 rings (SSSR count). The van der Waals surface area contributed by atoms with Gasteiger partial charge in [-0.25, -0.2) is 9.59 Å². The third-order valence-electron chi connectivity index (χ3n) is 3.95. The normalized spacial score (nSPS) is 16.7. The first-order valence-electron chi connectivity index (χ1n) is 6.82. The molecule has 114 valence electrons. The molecule has 1 fully saturated rings. The van der Waals surface area contributed by atoms with Crippen molar-refractivity contribution in [2.45, 2.75) is 25.3 Å². The minimum atomic E-state index is -1.22. The van der Waals surface area contributed by atoms with Crippen molar-refractivity contribution in [1.29, 1.82) is 0 Å². The maximum absolute atomic E-state index is 12.3. The van der Waals surface area contributed by atoms with Crippen LogP contribution in [0.4, 0.5) is 10.5 Å². The first-order valence-corrected chi connectivity index (χ1v) is 6.82. The molecule has 6 nitrogen and oxygen atoms in total. The third-order valence-corrected chi connectivity index (χ3v) is 3.95. The van der Waals surface area contributed by atoms with E-state index in [2.05, 4.69) is 5.32 Å². The van der Waals surface area contributed by atoms with E-state index in [0.717, 1.165) is 12.8 Å². The summed E-state index contributed by atoms with van der Waals surface area (Å²) < 4.78 is 5.12. The second-order valence-corrected chi connectivity index (χ2v) is 5.47. The number of rotatable bonds is 5. The highest BCUT2D eigenvalue weighted by Crippen LogP contribution is 2.39. The van der Waals surface area contributed by atoms with E-state index in [1.165, 1.54) is 4.90 Å². The topological polar surface area (TPSA) is 78.9 Å². The average Bonchev–Trinajstić information content (AvgIpc) is 3.31. The Bertz CT molecular complexity index is 556. The summed E-state index contributed by atoms with van der Waals surface area (Å²) in [6.07, 6.45) is 1.65. The quantitative estimate of drug-likeness (QED) is 0.871. The molecule has 0 heterocycles. The van der Waals surface area contributed by atoms with Gasteiger partial charge in [0.05, 0.1) is 7.11 Å². The molecule has 1 aliphatic rings. The van der Waals surface area contributed by atoms with E-state index >= 15 is 0 Å². The summed E-state index contributed by atoms with van der Waals surface area (Å²) in [5.74, 6) is -0.370. The van der Waals surface area contributed by atoms with E-state index in [1.54, 1.807) is 45.3 Å². The molecule has 1 atom stereocenters. The van der Waals surface area contributed by atoms with Gasteiger partial charge in [-0.05, 0) is 37.8 Å². The summed E-state index contributed by atoms with van der Waals surface area (Å²) in [5, 5.41) is 12.0. The van der Waals surface area contributed by atoms with Crippen LogP contribution in [-0.2, 0) is 4.79 Å². The van der Waals surface area contributed by atoms with E-state index in [4.69, 9.17) is 4.74 Å². The zero-order valence-corrected chi connectivity index (χ0v) is 12.4. The summed E-state index contributed by atoms with van der Waals surface area (Å²) in [4.78, 5) is 25.1. The molecule has 2 amide bonds. The summed E-state index contributed by atoms with van der Waals surface area (Å²) >= 11 is 0. The fraction of sp³-hybridized carbons (Fsp3) is 0.467. The fourth-order valence-electron chi connectivity index (χ4n) is 2.23. The number of carbonyl (C=O) groups excluding carboxylic acids is 1. The molecule has 6 heteroatoms. The number of hydrogen-bond acceptors (Lipinski definition) is 3. The Balaban J connectivity index is 2.13. The zero-order valence-electron chi connectivity index (χ0n) is 12.4. The average molecular weight is 292 g/mol. The molecule has 1 aliphatic carbocycles. The van der Waals surface area contributed by atoms with Crippen LogP contribution in [-0.4, -0.2) is 36.8 Å². The van der Waals surface area contributed by atoms with Crippen LogP contribution in [0.5, 0.6) is 5.75 Å². The number of nitrogens with one attached hydrogen (secondary N) is 1. The van der Waals surface area contributed by atoms with Gasteiger partial charge in [0.1, 0.15) is 11.3 Å². The number of ether oxygens (including phenoxy) is 1.